The predicted molar refractivity (Wildman–Crippen MR) is 59.2 cm³/mol. The third-order valence-corrected chi connectivity index (χ3v) is 4.54. The smallest absolute Gasteiger partial charge is 0.0169 e. The molecule has 2 aliphatic carbocycles. The van der Waals surface area contributed by atoms with Gasteiger partial charge in [0.2, 0.25) is 0 Å². The van der Waals surface area contributed by atoms with Crippen molar-refractivity contribution < 1.29 is 0 Å². The molecule has 0 aromatic heterocycles. The van der Waals surface area contributed by atoms with Crippen molar-refractivity contribution in [1.82, 2.24) is 5.32 Å². The Hall–Kier alpha value is -0.300. The van der Waals surface area contributed by atoms with Gasteiger partial charge in [0.05, 0.1) is 0 Å². The summed E-state index contributed by atoms with van der Waals surface area (Å²) < 4.78 is 0. The minimum Gasteiger partial charge on any atom is -0.311 e. The standard InChI is InChI=1S/C13H21N/c1-9-2-4-12(8-14-9)13-7-10-3-5-11(13)6-10/h9-11,14H,2-8H2,1H3/b13-12+. The van der Waals surface area contributed by atoms with Crippen LogP contribution in [0.5, 0.6) is 0 Å². The SMILES string of the molecule is CC1CC/C(=C2/CC3CCC2C3)CN1. The van der Waals surface area contributed by atoms with Gasteiger partial charge in [-0.3, -0.25) is 0 Å². The highest BCUT2D eigenvalue weighted by Gasteiger charge is 2.36. The highest BCUT2D eigenvalue weighted by atomic mass is 14.9. The molecule has 78 valence electrons. The average molecular weight is 191 g/mol. The molecule has 0 spiro atoms. The Kier molecular flexibility index (Phi) is 2.16. The zero-order valence-electron chi connectivity index (χ0n) is 9.18. The largest absolute Gasteiger partial charge is 0.311 e. The van der Waals surface area contributed by atoms with Crippen LogP contribution in [0.4, 0.5) is 0 Å². The maximum absolute atomic E-state index is 3.61. The van der Waals surface area contributed by atoms with Gasteiger partial charge in [-0.15, -0.1) is 0 Å². The molecule has 0 radical (unpaired) electrons. The molecule has 0 aromatic rings. The van der Waals surface area contributed by atoms with Crippen molar-refractivity contribution in [3.8, 4) is 0 Å². The fourth-order valence-corrected chi connectivity index (χ4v) is 3.64. The van der Waals surface area contributed by atoms with Gasteiger partial charge in [0.15, 0.2) is 0 Å². The molecule has 3 aliphatic rings. The number of hydrogen-bond acceptors (Lipinski definition) is 1. The van der Waals surface area contributed by atoms with Crippen LogP contribution in [0.2, 0.25) is 0 Å². The quantitative estimate of drug-likeness (QED) is 0.581. The molecule has 1 N–H and O–H groups in total. The molecule has 3 atom stereocenters. The van der Waals surface area contributed by atoms with Crippen LogP contribution in [0.25, 0.3) is 0 Å². The van der Waals surface area contributed by atoms with Crippen LogP contribution in [-0.2, 0) is 0 Å². The van der Waals surface area contributed by atoms with Crippen LogP contribution < -0.4 is 5.32 Å². The first kappa shape index (κ1) is 8.96. The van der Waals surface area contributed by atoms with Gasteiger partial charge >= 0.3 is 0 Å². The van der Waals surface area contributed by atoms with Crippen LogP contribution in [0.15, 0.2) is 11.1 Å². The molecule has 3 fully saturated rings. The Morgan fingerprint density at radius 1 is 1.21 bits per heavy atom. The van der Waals surface area contributed by atoms with Crippen LogP contribution in [0.3, 0.4) is 0 Å². The minimum atomic E-state index is 0.748. The van der Waals surface area contributed by atoms with Crippen molar-refractivity contribution in [2.45, 2.75) is 51.5 Å². The first-order valence-electron chi connectivity index (χ1n) is 6.27. The van der Waals surface area contributed by atoms with E-state index >= 15 is 0 Å². The van der Waals surface area contributed by atoms with Crippen LogP contribution >= 0.6 is 0 Å². The summed E-state index contributed by atoms with van der Waals surface area (Å²) in [5, 5.41) is 3.61. The molecule has 2 bridgehead atoms. The molecule has 14 heavy (non-hydrogen) atoms. The van der Waals surface area contributed by atoms with Crippen LogP contribution in [-0.4, -0.2) is 12.6 Å². The monoisotopic (exact) mass is 191 g/mol. The Bertz CT molecular complexity index is 256. The van der Waals surface area contributed by atoms with E-state index in [1.165, 1.54) is 45.1 Å². The molecule has 0 amide bonds. The van der Waals surface area contributed by atoms with Gasteiger partial charge in [-0.05, 0) is 57.3 Å². The minimum absolute atomic E-state index is 0.748. The van der Waals surface area contributed by atoms with Crippen molar-refractivity contribution in [2.24, 2.45) is 11.8 Å². The lowest BCUT2D eigenvalue weighted by Crippen LogP contribution is -2.33. The Labute approximate surface area is 87.0 Å². The Morgan fingerprint density at radius 2 is 2.14 bits per heavy atom. The molecular formula is C13H21N. The Morgan fingerprint density at radius 3 is 2.71 bits per heavy atom. The lowest BCUT2D eigenvalue weighted by molar-refractivity contribution is 0.471. The number of allylic oxidation sites excluding steroid dienone is 1. The average Bonchev–Trinajstić information content (AvgIpc) is 2.80. The first-order chi connectivity index (χ1) is 6.83. The summed E-state index contributed by atoms with van der Waals surface area (Å²) >= 11 is 0. The topological polar surface area (TPSA) is 12.0 Å². The van der Waals surface area contributed by atoms with Gasteiger partial charge in [0, 0.05) is 12.6 Å². The zero-order valence-corrected chi connectivity index (χ0v) is 9.18. The van der Waals surface area contributed by atoms with Gasteiger partial charge in [-0.25, -0.2) is 0 Å². The second kappa shape index (κ2) is 3.37. The number of hydrogen-bond donors (Lipinski definition) is 1. The lowest BCUT2D eigenvalue weighted by Gasteiger charge is -2.27. The molecule has 3 rings (SSSR count). The predicted octanol–water partition coefficient (Wildman–Crippen LogP) is 2.87. The number of fused-ring (bicyclic) bond motifs is 2. The van der Waals surface area contributed by atoms with Crippen molar-refractivity contribution in [3.05, 3.63) is 11.1 Å². The van der Waals surface area contributed by atoms with Crippen LogP contribution in [0.1, 0.15) is 45.4 Å². The maximum atomic E-state index is 3.61. The van der Waals surface area contributed by atoms with Gasteiger partial charge in [0.1, 0.15) is 0 Å². The molecule has 2 saturated carbocycles. The normalized spacial score (nSPS) is 47.4. The number of nitrogens with one attached hydrogen (secondary N) is 1. The van der Waals surface area contributed by atoms with E-state index < -0.39 is 0 Å². The molecule has 1 heterocycles. The highest BCUT2D eigenvalue weighted by Crippen LogP contribution is 2.49. The second-order valence-electron chi connectivity index (χ2n) is 5.53. The van der Waals surface area contributed by atoms with Gasteiger partial charge in [-0.2, -0.15) is 0 Å². The third kappa shape index (κ3) is 1.42. The van der Waals surface area contributed by atoms with Crippen molar-refractivity contribution >= 4 is 0 Å². The molecule has 0 aromatic carbocycles. The molecule has 1 heteroatoms. The maximum Gasteiger partial charge on any atom is 0.0169 e. The molecule has 1 nitrogen and oxygen atoms in total. The molecular weight excluding hydrogens is 170 g/mol. The molecule has 3 unspecified atom stereocenters. The van der Waals surface area contributed by atoms with E-state index in [1.807, 2.05) is 5.57 Å². The summed E-state index contributed by atoms with van der Waals surface area (Å²) in [7, 11) is 0. The number of rotatable bonds is 0. The van der Waals surface area contributed by atoms with E-state index in [1.54, 1.807) is 5.57 Å². The van der Waals surface area contributed by atoms with E-state index in [0.717, 1.165) is 17.9 Å². The zero-order chi connectivity index (χ0) is 9.54. The summed E-state index contributed by atoms with van der Waals surface area (Å²) in [6, 6.07) is 0.748. The summed E-state index contributed by atoms with van der Waals surface area (Å²) in [6.45, 7) is 3.50. The van der Waals surface area contributed by atoms with E-state index in [0.29, 0.717) is 0 Å². The van der Waals surface area contributed by atoms with E-state index in [-0.39, 0.29) is 0 Å². The van der Waals surface area contributed by atoms with Gasteiger partial charge in [-0.1, -0.05) is 11.1 Å². The summed E-state index contributed by atoms with van der Waals surface area (Å²) in [5.41, 5.74) is 3.66. The van der Waals surface area contributed by atoms with Crippen molar-refractivity contribution in [1.29, 1.82) is 0 Å². The summed E-state index contributed by atoms with van der Waals surface area (Å²) in [4.78, 5) is 0. The van der Waals surface area contributed by atoms with Gasteiger partial charge in [0.25, 0.3) is 0 Å². The molecule has 1 aliphatic heterocycles. The fraction of sp³-hybridized carbons (Fsp3) is 0.846. The van der Waals surface area contributed by atoms with E-state index in [4.69, 9.17) is 0 Å². The Balaban J connectivity index is 1.77. The third-order valence-electron chi connectivity index (χ3n) is 4.54. The first-order valence-corrected chi connectivity index (χ1v) is 6.27. The van der Waals surface area contributed by atoms with E-state index in [9.17, 15) is 0 Å². The highest BCUT2D eigenvalue weighted by molar-refractivity contribution is 5.26. The van der Waals surface area contributed by atoms with Gasteiger partial charge < -0.3 is 5.32 Å². The fourth-order valence-electron chi connectivity index (χ4n) is 3.64. The summed E-state index contributed by atoms with van der Waals surface area (Å²) in [6.07, 6.45) is 8.73. The molecule has 1 saturated heterocycles. The number of piperidine rings is 1. The lowest BCUT2D eigenvalue weighted by atomic mass is 9.87. The summed E-state index contributed by atoms with van der Waals surface area (Å²) in [5.74, 6) is 2.08. The van der Waals surface area contributed by atoms with Crippen molar-refractivity contribution in [2.75, 3.05) is 6.54 Å². The second-order valence-corrected chi connectivity index (χ2v) is 5.53. The van der Waals surface area contributed by atoms with Crippen LogP contribution in [0, 0.1) is 11.8 Å². The van der Waals surface area contributed by atoms with Crippen molar-refractivity contribution in [3.63, 3.8) is 0 Å². The van der Waals surface area contributed by atoms with E-state index in [2.05, 4.69) is 12.2 Å².